The number of aryl methyl sites for hydroxylation is 2. The number of carboxylic acid groups (broad SMARTS) is 1. The van der Waals surface area contributed by atoms with Gasteiger partial charge in [-0.15, -0.1) is 0 Å². The van der Waals surface area contributed by atoms with Gasteiger partial charge in [-0.05, 0) is 55.8 Å². The van der Waals surface area contributed by atoms with E-state index in [0.29, 0.717) is 28.3 Å². The van der Waals surface area contributed by atoms with Gasteiger partial charge in [0.25, 0.3) is 0 Å². The highest BCUT2D eigenvalue weighted by Crippen LogP contribution is 2.28. The molecule has 0 saturated heterocycles. The van der Waals surface area contributed by atoms with E-state index < -0.39 is 27.9 Å². The topological polar surface area (TPSA) is 110 Å². The van der Waals surface area contributed by atoms with E-state index in [4.69, 9.17) is 9.26 Å². The lowest BCUT2D eigenvalue weighted by molar-refractivity contribution is -0.145. The molecule has 8 nitrogen and oxygen atoms in total. The fourth-order valence-corrected chi connectivity index (χ4v) is 4.19. The predicted octanol–water partition coefficient (Wildman–Crippen LogP) is 3.46. The van der Waals surface area contributed by atoms with Crippen LogP contribution >= 0.6 is 0 Å². The average molecular weight is 448 g/mol. The Kier molecular flexibility index (Phi) is 6.42. The van der Waals surface area contributed by atoms with Crippen molar-refractivity contribution in [3.05, 3.63) is 76.9 Å². The van der Waals surface area contributed by atoms with Gasteiger partial charge in [0.1, 0.15) is 17.3 Å². The van der Waals surface area contributed by atoms with Crippen LogP contribution in [-0.4, -0.2) is 36.0 Å². The van der Waals surface area contributed by atoms with Gasteiger partial charge >= 0.3 is 5.97 Å². The van der Waals surface area contributed by atoms with Gasteiger partial charge in [0.15, 0.2) is 0 Å². The summed E-state index contributed by atoms with van der Waals surface area (Å²) in [5.41, 5.74) is 1.43. The summed E-state index contributed by atoms with van der Waals surface area (Å²) in [6, 6.07) is 11.0. The zero-order valence-electron chi connectivity index (χ0n) is 17.1. The Morgan fingerprint density at radius 1 is 1.16 bits per heavy atom. The fourth-order valence-electron chi connectivity index (χ4n) is 3.04. The van der Waals surface area contributed by atoms with E-state index in [9.17, 15) is 22.7 Å². The molecule has 1 aromatic heterocycles. The van der Waals surface area contributed by atoms with E-state index in [-0.39, 0.29) is 11.4 Å². The third-order valence-corrected chi connectivity index (χ3v) is 6.50. The van der Waals surface area contributed by atoms with Gasteiger partial charge in [0, 0.05) is 13.6 Å². The van der Waals surface area contributed by atoms with Crippen LogP contribution < -0.4 is 4.74 Å². The molecule has 3 aromatic rings. The van der Waals surface area contributed by atoms with Crippen molar-refractivity contribution in [2.24, 2.45) is 0 Å². The standard InChI is InChI=1S/C21H21FN2O6S/c1-13-19(14(2)30-23-13)20(21(25)26)29-17-8-4-15(5-9-17)12-24(3)31(27,28)18-10-6-16(22)7-11-18/h4-11,20H,12H2,1-3H3,(H,25,26). The molecule has 0 radical (unpaired) electrons. The number of ether oxygens (including phenoxy) is 1. The number of benzene rings is 2. The van der Waals surface area contributed by atoms with Gasteiger partial charge < -0.3 is 14.4 Å². The second-order valence-electron chi connectivity index (χ2n) is 6.93. The summed E-state index contributed by atoms with van der Waals surface area (Å²) in [6.07, 6.45) is -1.29. The molecular weight excluding hydrogens is 427 g/mol. The maximum atomic E-state index is 13.1. The first-order chi connectivity index (χ1) is 14.6. The van der Waals surface area contributed by atoms with Crippen LogP contribution in [0.5, 0.6) is 5.75 Å². The number of carboxylic acids is 1. The molecule has 10 heteroatoms. The van der Waals surface area contributed by atoms with Crippen molar-refractivity contribution in [3.8, 4) is 5.75 Å². The summed E-state index contributed by atoms with van der Waals surface area (Å²) < 4.78 is 50.1. The van der Waals surface area contributed by atoms with Crippen molar-refractivity contribution in [1.82, 2.24) is 9.46 Å². The molecule has 3 rings (SSSR count). The van der Waals surface area contributed by atoms with Crippen LogP contribution in [0.1, 0.15) is 28.7 Å². The molecule has 1 unspecified atom stereocenters. The van der Waals surface area contributed by atoms with Crippen LogP contribution in [0.15, 0.2) is 57.9 Å². The number of carbonyl (C=O) groups is 1. The largest absolute Gasteiger partial charge is 0.478 e. The van der Waals surface area contributed by atoms with Crippen LogP contribution in [0.2, 0.25) is 0 Å². The Hall–Kier alpha value is -3.24. The summed E-state index contributed by atoms with van der Waals surface area (Å²) >= 11 is 0. The van der Waals surface area contributed by atoms with Crippen molar-refractivity contribution in [1.29, 1.82) is 0 Å². The van der Waals surface area contributed by atoms with Crippen molar-refractivity contribution in [2.75, 3.05) is 7.05 Å². The molecule has 1 heterocycles. The number of rotatable bonds is 8. The minimum Gasteiger partial charge on any atom is -0.478 e. The molecule has 0 bridgehead atoms. The number of hydrogen-bond acceptors (Lipinski definition) is 6. The molecule has 0 amide bonds. The maximum absolute atomic E-state index is 13.1. The highest BCUT2D eigenvalue weighted by Gasteiger charge is 2.29. The second-order valence-corrected chi connectivity index (χ2v) is 8.98. The van der Waals surface area contributed by atoms with Gasteiger partial charge in [-0.25, -0.2) is 17.6 Å². The van der Waals surface area contributed by atoms with E-state index in [1.807, 2.05) is 0 Å². The first-order valence-corrected chi connectivity index (χ1v) is 10.7. The summed E-state index contributed by atoms with van der Waals surface area (Å²) in [6.45, 7) is 3.30. The Morgan fingerprint density at radius 2 is 1.77 bits per heavy atom. The highest BCUT2D eigenvalue weighted by atomic mass is 32.2. The number of sulfonamides is 1. The minimum atomic E-state index is -3.79. The first kappa shape index (κ1) is 22.4. The van der Waals surface area contributed by atoms with E-state index >= 15 is 0 Å². The molecular formula is C21H21FN2O6S. The normalized spacial score (nSPS) is 12.7. The lowest BCUT2D eigenvalue weighted by atomic mass is 10.1. The molecule has 0 saturated carbocycles. The number of nitrogens with zero attached hydrogens (tertiary/aromatic N) is 2. The van der Waals surface area contributed by atoms with Crippen LogP contribution in [-0.2, 0) is 21.4 Å². The van der Waals surface area contributed by atoms with Gasteiger partial charge in [-0.1, -0.05) is 17.3 Å². The number of hydrogen-bond donors (Lipinski definition) is 1. The molecule has 2 aromatic carbocycles. The lowest BCUT2D eigenvalue weighted by Gasteiger charge is -2.18. The van der Waals surface area contributed by atoms with Crippen molar-refractivity contribution in [3.63, 3.8) is 0 Å². The molecule has 1 atom stereocenters. The molecule has 0 aliphatic heterocycles. The lowest BCUT2D eigenvalue weighted by Crippen LogP contribution is -2.26. The van der Waals surface area contributed by atoms with Gasteiger partial charge in [0.05, 0.1) is 16.2 Å². The zero-order chi connectivity index (χ0) is 22.8. The van der Waals surface area contributed by atoms with Gasteiger partial charge in [-0.2, -0.15) is 4.31 Å². The number of halogens is 1. The summed E-state index contributed by atoms with van der Waals surface area (Å²) in [4.78, 5) is 11.7. The smallest absolute Gasteiger partial charge is 0.349 e. The first-order valence-electron chi connectivity index (χ1n) is 9.22. The third-order valence-electron chi connectivity index (χ3n) is 4.68. The quantitative estimate of drug-likeness (QED) is 0.562. The van der Waals surface area contributed by atoms with Gasteiger partial charge in [0.2, 0.25) is 16.1 Å². The van der Waals surface area contributed by atoms with Crippen molar-refractivity contribution in [2.45, 2.75) is 31.4 Å². The Bertz CT molecular complexity index is 1150. The van der Waals surface area contributed by atoms with E-state index in [2.05, 4.69) is 5.16 Å². The van der Waals surface area contributed by atoms with E-state index in [1.165, 1.54) is 19.2 Å². The van der Waals surface area contributed by atoms with Crippen molar-refractivity contribution >= 4 is 16.0 Å². The van der Waals surface area contributed by atoms with Crippen LogP contribution in [0.4, 0.5) is 4.39 Å². The monoisotopic (exact) mass is 448 g/mol. The zero-order valence-corrected chi connectivity index (χ0v) is 17.9. The third kappa shape index (κ3) is 4.92. The van der Waals surface area contributed by atoms with Crippen LogP contribution in [0, 0.1) is 19.7 Å². The number of aromatic nitrogens is 1. The van der Waals surface area contributed by atoms with Crippen LogP contribution in [0.25, 0.3) is 0 Å². The van der Waals surface area contributed by atoms with Gasteiger partial charge in [-0.3, -0.25) is 0 Å². The molecule has 0 spiro atoms. The summed E-state index contributed by atoms with van der Waals surface area (Å²) in [5, 5.41) is 13.3. The Balaban J connectivity index is 1.74. The highest BCUT2D eigenvalue weighted by molar-refractivity contribution is 7.89. The van der Waals surface area contributed by atoms with E-state index in [1.54, 1.807) is 38.1 Å². The van der Waals surface area contributed by atoms with Crippen molar-refractivity contribution < 1.29 is 32.0 Å². The number of aliphatic carboxylic acids is 1. The second kappa shape index (κ2) is 8.86. The molecule has 164 valence electrons. The Morgan fingerprint density at radius 3 is 2.29 bits per heavy atom. The molecule has 0 fully saturated rings. The predicted molar refractivity (Wildman–Crippen MR) is 108 cm³/mol. The average Bonchev–Trinajstić information content (AvgIpc) is 3.05. The fraction of sp³-hybridized carbons (Fsp3) is 0.238. The maximum Gasteiger partial charge on any atom is 0.349 e. The molecule has 1 N–H and O–H groups in total. The van der Waals surface area contributed by atoms with Crippen LogP contribution in [0.3, 0.4) is 0 Å². The molecule has 0 aliphatic carbocycles. The SMILES string of the molecule is Cc1noc(C)c1C(Oc1ccc(CN(C)S(=O)(=O)c2ccc(F)cc2)cc1)C(=O)O. The molecule has 0 aliphatic rings. The summed E-state index contributed by atoms with van der Waals surface area (Å²) in [5.74, 6) is -1.06. The minimum absolute atomic E-state index is 0.0138. The van der Waals surface area contributed by atoms with E-state index in [0.717, 1.165) is 16.4 Å². The summed E-state index contributed by atoms with van der Waals surface area (Å²) in [7, 11) is -2.38. The Labute approximate surface area is 178 Å². The molecule has 31 heavy (non-hydrogen) atoms.